The molecule has 2 nitrogen and oxygen atoms in total. The molecule has 1 N–H and O–H groups in total. The number of aryl methyl sites for hydroxylation is 1. The zero-order valence-electron chi connectivity index (χ0n) is 9.26. The second-order valence-corrected chi connectivity index (χ2v) is 4.98. The van der Waals surface area contributed by atoms with E-state index in [4.69, 9.17) is 0 Å². The van der Waals surface area contributed by atoms with Crippen molar-refractivity contribution >= 4 is 11.3 Å². The highest BCUT2D eigenvalue weighted by Crippen LogP contribution is 2.23. The van der Waals surface area contributed by atoms with Crippen LogP contribution >= 0.6 is 11.3 Å². The maximum atomic E-state index is 10.0. The number of hydrogen-bond donors (Lipinski definition) is 1. The van der Waals surface area contributed by atoms with E-state index in [0.29, 0.717) is 6.42 Å². The Morgan fingerprint density at radius 2 is 2.12 bits per heavy atom. The van der Waals surface area contributed by atoms with Crippen LogP contribution in [0.4, 0.5) is 0 Å². The van der Waals surface area contributed by atoms with E-state index in [2.05, 4.69) is 24.0 Å². The van der Waals surface area contributed by atoms with E-state index in [0.717, 1.165) is 12.0 Å². The van der Waals surface area contributed by atoms with Crippen LogP contribution < -0.4 is 0 Å². The van der Waals surface area contributed by atoms with Gasteiger partial charge in [-0.05, 0) is 30.2 Å². The molecule has 1 unspecified atom stereocenters. The summed E-state index contributed by atoms with van der Waals surface area (Å²) in [5.74, 6) is 0. The van der Waals surface area contributed by atoms with E-state index in [9.17, 15) is 5.11 Å². The van der Waals surface area contributed by atoms with E-state index in [1.807, 2.05) is 12.1 Å². The maximum Gasteiger partial charge on any atom is 0.0853 e. The van der Waals surface area contributed by atoms with Crippen LogP contribution in [0.25, 0.3) is 0 Å². The topological polar surface area (TPSA) is 33.1 Å². The van der Waals surface area contributed by atoms with Crippen molar-refractivity contribution in [1.82, 2.24) is 4.98 Å². The standard InChI is InChI=1S/C13H15NOS/c1-2-11-5-6-12(16-11)8-13(15)10-4-3-7-14-9-10/h3-7,9,13,15H,2,8H2,1H3. The molecule has 84 valence electrons. The van der Waals surface area contributed by atoms with Crippen LogP contribution in [0, 0.1) is 0 Å². The molecule has 0 saturated heterocycles. The second kappa shape index (κ2) is 5.23. The lowest BCUT2D eigenvalue weighted by atomic mass is 10.1. The highest BCUT2D eigenvalue weighted by Gasteiger charge is 2.09. The number of rotatable bonds is 4. The van der Waals surface area contributed by atoms with E-state index >= 15 is 0 Å². The molecule has 0 radical (unpaired) electrons. The van der Waals surface area contributed by atoms with Crippen LogP contribution in [0.15, 0.2) is 36.7 Å². The highest BCUT2D eigenvalue weighted by atomic mass is 32.1. The van der Waals surface area contributed by atoms with Gasteiger partial charge in [0, 0.05) is 28.6 Å². The van der Waals surface area contributed by atoms with Crippen molar-refractivity contribution in [3.05, 3.63) is 52.0 Å². The summed E-state index contributed by atoms with van der Waals surface area (Å²) in [5.41, 5.74) is 0.883. The summed E-state index contributed by atoms with van der Waals surface area (Å²) in [5, 5.41) is 10.0. The van der Waals surface area contributed by atoms with Crippen LogP contribution in [0.3, 0.4) is 0 Å². The Kier molecular flexibility index (Phi) is 3.70. The Bertz CT molecular complexity index is 438. The largest absolute Gasteiger partial charge is 0.388 e. The zero-order chi connectivity index (χ0) is 11.4. The van der Waals surface area contributed by atoms with Crippen molar-refractivity contribution in [3.8, 4) is 0 Å². The first-order valence-electron chi connectivity index (χ1n) is 5.45. The minimum absolute atomic E-state index is 0.447. The Morgan fingerprint density at radius 1 is 1.31 bits per heavy atom. The van der Waals surface area contributed by atoms with Gasteiger partial charge >= 0.3 is 0 Å². The molecule has 0 bridgehead atoms. The second-order valence-electron chi connectivity index (χ2n) is 3.73. The molecule has 1 atom stereocenters. The summed E-state index contributed by atoms with van der Waals surface area (Å²) >= 11 is 1.78. The first-order chi connectivity index (χ1) is 7.79. The summed E-state index contributed by atoms with van der Waals surface area (Å²) in [7, 11) is 0. The molecule has 0 spiro atoms. The monoisotopic (exact) mass is 233 g/mol. The van der Waals surface area contributed by atoms with Gasteiger partial charge in [-0.2, -0.15) is 0 Å². The molecule has 16 heavy (non-hydrogen) atoms. The lowest BCUT2D eigenvalue weighted by Crippen LogP contribution is -2.00. The van der Waals surface area contributed by atoms with Gasteiger partial charge in [0.2, 0.25) is 0 Å². The van der Waals surface area contributed by atoms with E-state index in [1.165, 1.54) is 9.75 Å². The van der Waals surface area contributed by atoms with Crippen LogP contribution in [0.2, 0.25) is 0 Å². The Hall–Kier alpha value is -1.19. The molecule has 0 aliphatic rings. The van der Waals surface area contributed by atoms with Gasteiger partial charge in [0.1, 0.15) is 0 Å². The molecule has 0 amide bonds. The van der Waals surface area contributed by atoms with Gasteiger partial charge in [-0.3, -0.25) is 4.98 Å². The Balaban J connectivity index is 2.05. The number of aliphatic hydroxyl groups is 1. The third kappa shape index (κ3) is 2.68. The van der Waals surface area contributed by atoms with Crippen molar-refractivity contribution in [2.75, 3.05) is 0 Å². The lowest BCUT2D eigenvalue weighted by Gasteiger charge is -2.08. The summed E-state index contributed by atoms with van der Waals surface area (Å²) in [6, 6.07) is 8.00. The quantitative estimate of drug-likeness (QED) is 0.880. The van der Waals surface area contributed by atoms with Gasteiger partial charge in [-0.25, -0.2) is 0 Å². The van der Waals surface area contributed by atoms with Gasteiger partial charge in [0.15, 0.2) is 0 Å². The minimum Gasteiger partial charge on any atom is -0.388 e. The molecule has 0 aliphatic heterocycles. The highest BCUT2D eigenvalue weighted by molar-refractivity contribution is 7.11. The molecular weight excluding hydrogens is 218 g/mol. The predicted octanol–water partition coefficient (Wildman–Crippen LogP) is 2.98. The molecule has 2 aromatic rings. The number of aromatic nitrogens is 1. The lowest BCUT2D eigenvalue weighted by molar-refractivity contribution is 0.179. The molecular formula is C13H15NOS. The Labute approximate surface area is 99.6 Å². The zero-order valence-corrected chi connectivity index (χ0v) is 10.1. The van der Waals surface area contributed by atoms with Crippen molar-refractivity contribution < 1.29 is 5.11 Å². The van der Waals surface area contributed by atoms with E-state index < -0.39 is 6.10 Å². The summed E-state index contributed by atoms with van der Waals surface area (Å²) < 4.78 is 0. The first kappa shape index (κ1) is 11.3. The van der Waals surface area contributed by atoms with E-state index in [1.54, 1.807) is 23.7 Å². The molecule has 3 heteroatoms. The third-order valence-electron chi connectivity index (χ3n) is 2.53. The molecule has 0 aliphatic carbocycles. The summed E-state index contributed by atoms with van der Waals surface area (Å²) in [4.78, 5) is 6.61. The number of thiophene rings is 1. The molecule has 2 aromatic heterocycles. The average molecular weight is 233 g/mol. The van der Waals surface area contributed by atoms with Gasteiger partial charge in [0.25, 0.3) is 0 Å². The predicted molar refractivity (Wildman–Crippen MR) is 66.6 cm³/mol. The van der Waals surface area contributed by atoms with Gasteiger partial charge in [-0.1, -0.05) is 13.0 Å². The van der Waals surface area contributed by atoms with Crippen molar-refractivity contribution in [2.24, 2.45) is 0 Å². The van der Waals surface area contributed by atoms with Crippen molar-refractivity contribution in [1.29, 1.82) is 0 Å². The van der Waals surface area contributed by atoms with Crippen LogP contribution in [0.1, 0.15) is 28.3 Å². The van der Waals surface area contributed by atoms with Gasteiger partial charge in [-0.15, -0.1) is 11.3 Å². The summed E-state index contributed by atoms with van der Waals surface area (Å²) in [6.07, 6.45) is 4.73. The number of nitrogens with zero attached hydrogens (tertiary/aromatic N) is 1. The average Bonchev–Trinajstić information content (AvgIpc) is 2.78. The fraction of sp³-hybridized carbons (Fsp3) is 0.308. The SMILES string of the molecule is CCc1ccc(CC(O)c2cccnc2)s1. The molecule has 0 saturated carbocycles. The molecule has 0 fully saturated rings. The van der Waals surface area contributed by atoms with E-state index in [-0.39, 0.29) is 0 Å². The van der Waals surface area contributed by atoms with Crippen LogP contribution in [-0.4, -0.2) is 10.1 Å². The Morgan fingerprint density at radius 3 is 2.75 bits per heavy atom. The fourth-order valence-electron chi connectivity index (χ4n) is 1.60. The molecule has 2 heterocycles. The molecule has 0 aromatic carbocycles. The fourth-order valence-corrected chi connectivity index (χ4v) is 2.60. The van der Waals surface area contributed by atoms with Crippen molar-refractivity contribution in [2.45, 2.75) is 25.9 Å². The number of aliphatic hydroxyl groups excluding tert-OH is 1. The van der Waals surface area contributed by atoms with Crippen LogP contribution in [-0.2, 0) is 12.8 Å². The summed E-state index contributed by atoms with van der Waals surface area (Å²) in [6.45, 7) is 2.15. The number of pyridine rings is 1. The van der Waals surface area contributed by atoms with Crippen molar-refractivity contribution in [3.63, 3.8) is 0 Å². The van der Waals surface area contributed by atoms with Crippen LogP contribution in [0.5, 0.6) is 0 Å². The smallest absolute Gasteiger partial charge is 0.0853 e. The number of hydrogen-bond acceptors (Lipinski definition) is 3. The minimum atomic E-state index is -0.447. The third-order valence-corrected chi connectivity index (χ3v) is 3.78. The first-order valence-corrected chi connectivity index (χ1v) is 6.27. The maximum absolute atomic E-state index is 10.0. The normalized spacial score (nSPS) is 12.6. The van der Waals surface area contributed by atoms with Gasteiger partial charge < -0.3 is 5.11 Å². The van der Waals surface area contributed by atoms with Gasteiger partial charge in [0.05, 0.1) is 6.10 Å². The molecule has 2 rings (SSSR count).